The van der Waals surface area contributed by atoms with Gasteiger partial charge in [-0.2, -0.15) is 0 Å². The van der Waals surface area contributed by atoms with Crippen molar-refractivity contribution in [3.63, 3.8) is 0 Å². The number of aliphatic hydroxyl groups excluding tert-OH is 1. The molecule has 1 N–H and O–H groups in total. The molecule has 2 heterocycles. The number of unbranched alkanes of at least 4 members (excludes halogenated alkanes) is 3. The lowest BCUT2D eigenvalue weighted by Gasteiger charge is -2.42. The molecule has 0 bridgehead atoms. The molecular weight excluding hydrogens is 419 g/mol. The van der Waals surface area contributed by atoms with Gasteiger partial charge in [0.15, 0.2) is 0 Å². The maximum Gasteiger partial charge on any atom is 0.123 e. The van der Waals surface area contributed by atoms with Gasteiger partial charge < -0.3 is 9.84 Å². The summed E-state index contributed by atoms with van der Waals surface area (Å²) in [6.07, 6.45) is 6.69. The molecule has 0 unspecified atom stereocenters. The Morgan fingerprint density at radius 2 is 1.82 bits per heavy atom. The van der Waals surface area contributed by atoms with Crippen molar-refractivity contribution in [3.8, 4) is 17.0 Å². The number of rotatable bonds is 9. The number of halogens is 1. The van der Waals surface area contributed by atoms with E-state index in [2.05, 4.69) is 34.3 Å². The maximum absolute atomic E-state index is 13.3. The van der Waals surface area contributed by atoms with Crippen molar-refractivity contribution in [2.75, 3.05) is 20.2 Å². The first-order valence-corrected chi connectivity index (χ1v) is 11.8. The Balaban J connectivity index is 1.53. The number of ether oxygens (including phenoxy) is 1. The Morgan fingerprint density at radius 1 is 1.06 bits per heavy atom. The lowest BCUT2D eigenvalue weighted by Crippen LogP contribution is -2.46. The fourth-order valence-corrected chi connectivity index (χ4v) is 4.64. The standard InChI is InChI=1S/C26H33FN4O2/c1-3-4-5-6-15-30-18-25(26(32)16-24(30)20-9-13-22(33-2)14-10-20)31-17-23(28-29-31)19-7-11-21(27)12-8-19/h7-14,17,24-26,32H,3-6,15-16,18H2,1-2H3/t24-,25-,26-/m1/s1. The molecule has 1 aromatic heterocycles. The second kappa shape index (κ2) is 10.9. The molecule has 7 heteroatoms. The molecule has 1 saturated heterocycles. The van der Waals surface area contributed by atoms with E-state index in [-0.39, 0.29) is 17.9 Å². The van der Waals surface area contributed by atoms with Crippen molar-refractivity contribution in [1.29, 1.82) is 0 Å². The zero-order chi connectivity index (χ0) is 23.2. The average molecular weight is 453 g/mol. The number of benzene rings is 2. The highest BCUT2D eigenvalue weighted by Gasteiger charge is 2.36. The van der Waals surface area contributed by atoms with Crippen LogP contribution in [0.1, 0.15) is 56.7 Å². The minimum atomic E-state index is -0.549. The van der Waals surface area contributed by atoms with Crippen LogP contribution in [0.4, 0.5) is 4.39 Å². The predicted molar refractivity (Wildman–Crippen MR) is 127 cm³/mol. The van der Waals surface area contributed by atoms with Crippen LogP contribution in [0.15, 0.2) is 54.7 Å². The summed E-state index contributed by atoms with van der Waals surface area (Å²) >= 11 is 0. The van der Waals surface area contributed by atoms with E-state index in [4.69, 9.17) is 4.74 Å². The SMILES string of the molecule is CCCCCCN1C[C@@H](n2cc(-c3ccc(F)cc3)nn2)[C@H](O)C[C@@H]1c1ccc(OC)cc1. The van der Waals surface area contributed by atoms with Gasteiger partial charge in [-0.15, -0.1) is 5.10 Å². The number of likely N-dealkylation sites (tertiary alicyclic amines) is 1. The molecule has 176 valence electrons. The Labute approximate surface area is 195 Å². The second-order valence-corrected chi connectivity index (χ2v) is 8.81. The van der Waals surface area contributed by atoms with Gasteiger partial charge in [-0.25, -0.2) is 9.07 Å². The molecule has 3 atom stereocenters. The summed E-state index contributed by atoms with van der Waals surface area (Å²) in [5.41, 5.74) is 2.67. The normalized spacial score (nSPS) is 21.3. The Bertz CT molecular complexity index is 1010. The van der Waals surface area contributed by atoms with Crippen LogP contribution in [0, 0.1) is 5.82 Å². The van der Waals surface area contributed by atoms with Gasteiger partial charge >= 0.3 is 0 Å². The van der Waals surface area contributed by atoms with Crippen LogP contribution in [0.5, 0.6) is 5.75 Å². The summed E-state index contributed by atoms with van der Waals surface area (Å²) in [6, 6.07) is 14.3. The van der Waals surface area contributed by atoms with Crippen LogP contribution in [0.25, 0.3) is 11.3 Å². The van der Waals surface area contributed by atoms with E-state index in [1.54, 1.807) is 23.9 Å². The molecule has 0 spiro atoms. The molecule has 2 aromatic carbocycles. The largest absolute Gasteiger partial charge is 0.497 e. The van der Waals surface area contributed by atoms with E-state index in [1.807, 2.05) is 18.3 Å². The number of hydrogen-bond acceptors (Lipinski definition) is 5. The fraction of sp³-hybridized carbons (Fsp3) is 0.462. The molecule has 0 radical (unpaired) electrons. The molecular formula is C26H33FN4O2. The molecule has 33 heavy (non-hydrogen) atoms. The van der Waals surface area contributed by atoms with E-state index in [9.17, 15) is 9.50 Å². The highest BCUT2D eigenvalue weighted by molar-refractivity contribution is 5.57. The van der Waals surface area contributed by atoms with E-state index >= 15 is 0 Å². The molecule has 1 aliphatic heterocycles. The minimum absolute atomic E-state index is 0.142. The van der Waals surface area contributed by atoms with Crippen LogP contribution in [0.2, 0.25) is 0 Å². The Hall–Kier alpha value is -2.77. The van der Waals surface area contributed by atoms with Crippen LogP contribution in [-0.4, -0.2) is 51.3 Å². The number of nitrogens with zero attached hydrogens (tertiary/aromatic N) is 4. The van der Waals surface area contributed by atoms with Crippen LogP contribution >= 0.6 is 0 Å². The average Bonchev–Trinajstić information content (AvgIpc) is 3.33. The maximum atomic E-state index is 13.3. The van der Waals surface area contributed by atoms with Crippen molar-refractivity contribution < 1.29 is 14.2 Å². The molecule has 0 aliphatic carbocycles. The third-order valence-corrected chi connectivity index (χ3v) is 6.56. The summed E-state index contributed by atoms with van der Waals surface area (Å²) in [5, 5.41) is 19.7. The monoisotopic (exact) mass is 452 g/mol. The Kier molecular flexibility index (Phi) is 7.73. The number of hydrogen-bond donors (Lipinski definition) is 1. The quantitative estimate of drug-likeness (QED) is 0.462. The van der Waals surface area contributed by atoms with Gasteiger partial charge in [-0.3, -0.25) is 4.90 Å². The minimum Gasteiger partial charge on any atom is -0.497 e. The summed E-state index contributed by atoms with van der Waals surface area (Å²) in [7, 11) is 1.67. The lowest BCUT2D eigenvalue weighted by atomic mass is 9.90. The van der Waals surface area contributed by atoms with E-state index in [1.165, 1.54) is 37.0 Å². The smallest absolute Gasteiger partial charge is 0.123 e. The highest BCUT2D eigenvalue weighted by atomic mass is 19.1. The van der Waals surface area contributed by atoms with Gasteiger partial charge in [0, 0.05) is 18.2 Å². The van der Waals surface area contributed by atoms with Crippen molar-refractivity contribution >= 4 is 0 Å². The number of aromatic nitrogens is 3. The number of methoxy groups -OCH3 is 1. The topological polar surface area (TPSA) is 63.4 Å². The molecule has 3 aromatic rings. The van der Waals surface area contributed by atoms with Crippen molar-refractivity contribution in [1.82, 2.24) is 19.9 Å². The van der Waals surface area contributed by atoms with Crippen LogP contribution in [-0.2, 0) is 0 Å². The van der Waals surface area contributed by atoms with Crippen molar-refractivity contribution in [2.45, 2.75) is 57.2 Å². The molecule has 0 amide bonds. The van der Waals surface area contributed by atoms with Gasteiger partial charge in [-0.1, -0.05) is 43.5 Å². The predicted octanol–water partition coefficient (Wildman–Crippen LogP) is 5.02. The van der Waals surface area contributed by atoms with Crippen molar-refractivity contribution in [3.05, 3.63) is 66.1 Å². The second-order valence-electron chi connectivity index (χ2n) is 8.81. The van der Waals surface area contributed by atoms with E-state index < -0.39 is 6.10 Å². The molecule has 1 aliphatic rings. The zero-order valence-corrected chi connectivity index (χ0v) is 19.4. The van der Waals surface area contributed by atoms with E-state index in [0.717, 1.165) is 24.3 Å². The van der Waals surface area contributed by atoms with Crippen LogP contribution < -0.4 is 4.74 Å². The zero-order valence-electron chi connectivity index (χ0n) is 19.4. The summed E-state index contributed by atoms with van der Waals surface area (Å²) in [4.78, 5) is 2.47. The Morgan fingerprint density at radius 3 is 2.52 bits per heavy atom. The van der Waals surface area contributed by atoms with E-state index in [0.29, 0.717) is 18.7 Å². The summed E-state index contributed by atoms with van der Waals surface area (Å²) < 4.78 is 20.4. The third kappa shape index (κ3) is 5.60. The highest BCUT2D eigenvalue weighted by Crippen LogP contribution is 2.36. The first kappa shape index (κ1) is 23.4. The number of piperidine rings is 1. The fourth-order valence-electron chi connectivity index (χ4n) is 4.64. The third-order valence-electron chi connectivity index (χ3n) is 6.56. The lowest BCUT2D eigenvalue weighted by molar-refractivity contribution is -0.00775. The van der Waals surface area contributed by atoms with Crippen molar-refractivity contribution in [2.24, 2.45) is 0 Å². The summed E-state index contributed by atoms with van der Waals surface area (Å²) in [5.74, 6) is 0.551. The first-order chi connectivity index (χ1) is 16.1. The van der Waals surface area contributed by atoms with Gasteiger partial charge in [0.25, 0.3) is 0 Å². The van der Waals surface area contributed by atoms with Gasteiger partial charge in [0.1, 0.15) is 17.3 Å². The first-order valence-electron chi connectivity index (χ1n) is 11.8. The van der Waals surface area contributed by atoms with Gasteiger partial charge in [0.05, 0.1) is 25.5 Å². The molecule has 0 saturated carbocycles. The molecule has 6 nitrogen and oxygen atoms in total. The number of aliphatic hydroxyl groups is 1. The summed E-state index contributed by atoms with van der Waals surface area (Å²) in [6.45, 7) is 3.88. The molecule has 1 fully saturated rings. The molecule has 4 rings (SSSR count). The van der Waals surface area contributed by atoms with Crippen LogP contribution in [0.3, 0.4) is 0 Å². The van der Waals surface area contributed by atoms with Gasteiger partial charge in [0.2, 0.25) is 0 Å². The van der Waals surface area contributed by atoms with Gasteiger partial charge in [-0.05, 0) is 61.3 Å².